The Bertz CT molecular complexity index is 476. The van der Waals surface area contributed by atoms with Crippen LogP contribution >= 0.6 is 0 Å². The Hall–Kier alpha value is -2.11. The van der Waals surface area contributed by atoms with Crippen LogP contribution in [0, 0.1) is 0 Å². The molecule has 0 atom stereocenters. The smallest absolute Gasteiger partial charge is 0.338 e. The average Bonchev–Trinajstić information content (AvgIpc) is 2.47. The van der Waals surface area contributed by atoms with Gasteiger partial charge in [0.1, 0.15) is 0 Å². The van der Waals surface area contributed by atoms with Gasteiger partial charge in [-0.2, -0.15) is 5.10 Å². The van der Waals surface area contributed by atoms with Crippen molar-refractivity contribution in [2.75, 3.05) is 5.73 Å². The lowest BCUT2D eigenvalue weighted by molar-refractivity contribution is 0.0695. The number of carboxylic acid groups (broad SMARTS) is 1. The molecule has 0 radical (unpaired) electrons. The second kappa shape index (κ2) is 2.44. The normalized spacial score (nSPS) is 10.5. The first kappa shape index (κ1) is 7.53. The highest BCUT2D eigenvalue weighted by atomic mass is 16.4. The number of nitrogens with zero attached hydrogens (tertiary/aromatic N) is 3. The Morgan fingerprint density at radius 2 is 2.31 bits per heavy atom. The molecule has 0 amide bonds. The molecule has 6 nitrogen and oxygen atoms in total. The van der Waals surface area contributed by atoms with Crippen LogP contribution < -0.4 is 5.73 Å². The van der Waals surface area contributed by atoms with Gasteiger partial charge >= 0.3 is 5.97 Å². The van der Waals surface area contributed by atoms with Crippen molar-refractivity contribution in [3.8, 4) is 0 Å². The lowest BCUT2D eigenvalue weighted by atomic mass is 10.3. The molecule has 0 unspecified atom stereocenters. The van der Waals surface area contributed by atoms with Crippen molar-refractivity contribution < 1.29 is 9.90 Å². The SMILES string of the molecule is Nc1cnn2cc(C(=O)O)cnc12. The van der Waals surface area contributed by atoms with E-state index >= 15 is 0 Å². The van der Waals surface area contributed by atoms with E-state index in [2.05, 4.69) is 10.1 Å². The molecule has 66 valence electrons. The van der Waals surface area contributed by atoms with Crippen LogP contribution in [0.1, 0.15) is 10.4 Å². The van der Waals surface area contributed by atoms with Gasteiger partial charge in [-0.3, -0.25) is 0 Å². The van der Waals surface area contributed by atoms with E-state index in [1.54, 1.807) is 0 Å². The van der Waals surface area contributed by atoms with E-state index in [-0.39, 0.29) is 5.56 Å². The Kier molecular flexibility index (Phi) is 1.42. The summed E-state index contributed by atoms with van der Waals surface area (Å²) in [6.45, 7) is 0. The minimum Gasteiger partial charge on any atom is -0.478 e. The minimum absolute atomic E-state index is 0.0793. The molecule has 0 aliphatic heterocycles. The minimum atomic E-state index is -1.04. The van der Waals surface area contributed by atoms with Crippen LogP contribution in [0.25, 0.3) is 5.65 Å². The second-order valence-corrected chi connectivity index (χ2v) is 2.52. The predicted molar refractivity (Wildman–Crippen MR) is 44.4 cm³/mol. The standard InChI is InChI=1S/C7H6N4O2/c8-5-2-10-11-3-4(7(12)13)1-9-6(5)11/h1-3H,8H2,(H,12,13). The van der Waals surface area contributed by atoms with Crippen molar-refractivity contribution in [1.29, 1.82) is 0 Å². The summed E-state index contributed by atoms with van der Waals surface area (Å²) < 4.78 is 1.33. The van der Waals surface area contributed by atoms with Gasteiger partial charge in [0.2, 0.25) is 0 Å². The third-order valence-corrected chi connectivity index (χ3v) is 1.63. The first-order valence-electron chi connectivity index (χ1n) is 3.50. The van der Waals surface area contributed by atoms with Gasteiger partial charge < -0.3 is 10.8 Å². The molecule has 0 spiro atoms. The van der Waals surface area contributed by atoms with Crippen molar-refractivity contribution in [2.45, 2.75) is 0 Å². The molecule has 0 bridgehead atoms. The van der Waals surface area contributed by atoms with E-state index in [0.717, 1.165) is 0 Å². The number of nitrogens with two attached hydrogens (primary N) is 1. The highest BCUT2D eigenvalue weighted by molar-refractivity contribution is 5.87. The fourth-order valence-corrected chi connectivity index (χ4v) is 1.00. The zero-order chi connectivity index (χ0) is 9.42. The summed E-state index contributed by atoms with van der Waals surface area (Å²) in [6.07, 6.45) is 4.03. The van der Waals surface area contributed by atoms with Crippen LogP contribution in [0.3, 0.4) is 0 Å². The summed E-state index contributed by atoms with van der Waals surface area (Å²) in [6, 6.07) is 0. The van der Waals surface area contributed by atoms with Crippen molar-refractivity contribution in [3.05, 3.63) is 24.2 Å². The van der Waals surface area contributed by atoms with E-state index < -0.39 is 5.97 Å². The van der Waals surface area contributed by atoms with E-state index in [4.69, 9.17) is 10.8 Å². The maximum atomic E-state index is 10.5. The van der Waals surface area contributed by atoms with Gasteiger partial charge in [0.25, 0.3) is 0 Å². The van der Waals surface area contributed by atoms with Crippen molar-refractivity contribution in [1.82, 2.24) is 14.6 Å². The molecule has 0 saturated heterocycles. The van der Waals surface area contributed by atoms with Crippen molar-refractivity contribution >= 4 is 17.3 Å². The summed E-state index contributed by atoms with van der Waals surface area (Å²) in [4.78, 5) is 14.4. The van der Waals surface area contributed by atoms with Gasteiger partial charge in [0.05, 0.1) is 17.4 Å². The van der Waals surface area contributed by atoms with Crippen LogP contribution in [0.4, 0.5) is 5.69 Å². The maximum Gasteiger partial charge on any atom is 0.338 e. The number of nitrogen functional groups attached to an aromatic ring is 1. The summed E-state index contributed by atoms with van der Waals surface area (Å²) in [7, 11) is 0. The van der Waals surface area contributed by atoms with Gasteiger partial charge in [0, 0.05) is 12.4 Å². The molecule has 0 aliphatic carbocycles. The van der Waals surface area contributed by atoms with E-state index in [9.17, 15) is 4.79 Å². The monoisotopic (exact) mass is 178 g/mol. The Labute approximate surface area is 72.6 Å². The maximum absolute atomic E-state index is 10.5. The summed E-state index contributed by atoms with van der Waals surface area (Å²) >= 11 is 0. The molecule has 6 heteroatoms. The number of anilines is 1. The third-order valence-electron chi connectivity index (χ3n) is 1.63. The molecule has 13 heavy (non-hydrogen) atoms. The Morgan fingerprint density at radius 3 is 3.00 bits per heavy atom. The summed E-state index contributed by atoms with van der Waals surface area (Å²) in [5, 5.41) is 12.5. The molecule has 2 rings (SSSR count). The van der Waals surface area contributed by atoms with Crippen LogP contribution in [-0.4, -0.2) is 25.7 Å². The molecule has 0 aliphatic rings. The second-order valence-electron chi connectivity index (χ2n) is 2.52. The van der Waals surface area contributed by atoms with E-state index in [0.29, 0.717) is 11.3 Å². The van der Waals surface area contributed by atoms with Gasteiger partial charge in [-0.25, -0.2) is 14.3 Å². The molecule has 2 aromatic heterocycles. The Balaban J connectivity index is 2.70. The predicted octanol–water partition coefficient (Wildman–Crippen LogP) is 0.00970. The quantitative estimate of drug-likeness (QED) is 0.641. The average molecular weight is 178 g/mol. The third kappa shape index (κ3) is 1.08. The number of carboxylic acids is 1. The van der Waals surface area contributed by atoms with Crippen molar-refractivity contribution in [3.63, 3.8) is 0 Å². The van der Waals surface area contributed by atoms with Crippen LogP contribution in [0.5, 0.6) is 0 Å². The molecule has 0 saturated carbocycles. The first-order chi connectivity index (χ1) is 6.18. The molecule has 2 heterocycles. The molecular formula is C7H6N4O2. The zero-order valence-corrected chi connectivity index (χ0v) is 6.51. The number of hydrogen-bond acceptors (Lipinski definition) is 4. The molecule has 0 aromatic carbocycles. The fraction of sp³-hybridized carbons (Fsp3) is 0. The first-order valence-corrected chi connectivity index (χ1v) is 3.50. The lowest BCUT2D eigenvalue weighted by Gasteiger charge is -1.95. The lowest BCUT2D eigenvalue weighted by Crippen LogP contribution is -2.01. The molecule has 2 aromatic rings. The molecule has 3 N–H and O–H groups in total. The van der Waals surface area contributed by atoms with Crippen LogP contribution in [0.2, 0.25) is 0 Å². The van der Waals surface area contributed by atoms with Crippen LogP contribution in [-0.2, 0) is 0 Å². The highest BCUT2D eigenvalue weighted by Crippen LogP contribution is 2.09. The number of aromatic carboxylic acids is 1. The number of fused-ring (bicyclic) bond motifs is 1. The van der Waals surface area contributed by atoms with Gasteiger partial charge in [-0.05, 0) is 0 Å². The number of aromatic nitrogens is 3. The number of hydrogen-bond donors (Lipinski definition) is 2. The van der Waals surface area contributed by atoms with Crippen LogP contribution in [0.15, 0.2) is 18.6 Å². The van der Waals surface area contributed by atoms with Gasteiger partial charge in [-0.1, -0.05) is 0 Å². The van der Waals surface area contributed by atoms with E-state index in [1.807, 2.05) is 0 Å². The molecular weight excluding hydrogens is 172 g/mol. The zero-order valence-electron chi connectivity index (χ0n) is 6.51. The molecule has 0 fully saturated rings. The largest absolute Gasteiger partial charge is 0.478 e. The fourth-order valence-electron chi connectivity index (χ4n) is 1.00. The topological polar surface area (TPSA) is 93.5 Å². The Morgan fingerprint density at radius 1 is 1.54 bits per heavy atom. The summed E-state index contributed by atoms with van der Waals surface area (Å²) in [5.41, 5.74) is 6.48. The van der Waals surface area contributed by atoms with E-state index in [1.165, 1.54) is 23.1 Å². The van der Waals surface area contributed by atoms with Crippen molar-refractivity contribution in [2.24, 2.45) is 0 Å². The van der Waals surface area contributed by atoms with Gasteiger partial charge in [0.15, 0.2) is 5.65 Å². The summed E-state index contributed by atoms with van der Waals surface area (Å²) in [5.74, 6) is -1.04. The van der Waals surface area contributed by atoms with Gasteiger partial charge in [-0.15, -0.1) is 0 Å². The number of carbonyl (C=O) groups is 1. The number of rotatable bonds is 1. The highest BCUT2D eigenvalue weighted by Gasteiger charge is 2.06.